The highest BCUT2D eigenvalue weighted by atomic mass is 19.2. The lowest BCUT2D eigenvalue weighted by Crippen LogP contribution is -2.09. The smallest absolute Gasteiger partial charge is 0.225 e. The van der Waals surface area contributed by atoms with Crippen molar-refractivity contribution in [1.82, 2.24) is 4.79 Å². The molecule has 0 radical (unpaired) electrons. The van der Waals surface area contributed by atoms with Crippen LogP contribution in [0.2, 0.25) is 0 Å². The Morgan fingerprint density at radius 2 is 2.23 bits per heavy atom. The molecular formula is C9H11F2NO. The lowest BCUT2D eigenvalue weighted by atomic mass is 9.93. The van der Waals surface area contributed by atoms with Crippen LogP contribution in [0.1, 0.15) is 35.8 Å². The monoisotopic (exact) mass is 187 g/mol. The maximum Gasteiger partial charge on any atom is 0.225 e. The average molecular weight is 187 g/mol. The maximum absolute atomic E-state index is 13.1. The number of aliphatic hydroxyl groups excluding tert-OH is 1. The van der Waals surface area contributed by atoms with Gasteiger partial charge in [0.25, 0.3) is 0 Å². The molecule has 1 heterocycles. The Balaban J connectivity index is 2.63. The second-order valence-electron chi connectivity index (χ2n) is 3.47. The van der Waals surface area contributed by atoms with Gasteiger partial charge in [-0.3, -0.25) is 0 Å². The van der Waals surface area contributed by atoms with Gasteiger partial charge in [0, 0.05) is 11.1 Å². The van der Waals surface area contributed by atoms with Crippen molar-refractivity contribution >= 4 is 0 Å². The van der Waals surface area contributed by atoms with Gasteiger partial charge >= 0.3 is 0 Å². The second kappa shape index (κ2) is 2.80. The van der Waals surface area contributed by atoms with Gasteiger partial charge < -0.3 is 5.11 Å². The molecule has 1 atom stereocenters. The molecule has 1 unspecified atom stereocenters. The molecule has 1 aliphatic carbocycles. The number of hydrogen-bond acceptors (Lipinski definition) is 1. The second-order valence-corrected chi connectivity index (χ2v) is 3.47. The highest BCUT2D eigenvalue weighted by Gasteiger charge is 2.28. The van der Waals surface area contributed by atoms with Gasteiger partial charge in [-0.25, -0.2) is 0 Å². The number of aromatic nitrogens is 1. The van der Waals surface area contributed by atoms with Gasteiger partial charge in [-0.1, -0.05) is 4.48 Å². The van der Waals surface area contributed by atoms with Crippen LogP contribution in [0, 0.1) is 12.9 Å². The summed E-state index contributed by atoms with van der Waals surface area (Å²) in [6.45, 7) is 1.50. The predicted octanol–water partition coefficient (Wildman–Crippen LogP) is 2.04. The quantitative estimate of drug-likeness (QED) is 0.660. The Hall–Kier alpha value is -0.900. The summed E-state index contributed by atoms with van der Waals surface area (Å²) in [6, 6.07) is 0. The van der Waals surface area contributed by atoms with Gasteiger partial charge in [-0.15, -0.1) is 0 Å². The molecule has 2 rings (SSSR count). The number of fused-ring (bicyclic) bond motifs is 1. The van der Waals surface area contributed by atoms with E-state index in [1.807, 2.05) is 0 Å². The fourth-order valence-electron chi connectivity index (χ4n) is 1.98. The summed E-state index contributed by atoms with van der Waals surface area (Å²) in [6.07, 6.45) is 1.11. The molecule has 4 heteroatoms. The van der Waals surface area contributed by atoms with E-state index in [4.69, 9.17) is 0 Å². The van der Waals surface area contributed by atoms with Gasteiger partial charge in [0.2, 0.25) is 5.95 Å². The molecule has 0 bridgehead atoms. The van der Waals surface area contributed by atoms with Crippen LogP contribution in [0.5, 0.6) is 0 Å². The molecule has 13 heavy (non-hydrogen) atoms. The van der Waals surface area contributed by atoms with Gasteiger partial charge in [-0.2, -0.15) is 9.18 Å². The summed E-state index contributed by atoms with van der Waals surface area (Å²) in [4.78, 5) is 0.0625. The van der Waals surface area contributed by atoms with Gasteiger partial charge in [-0.05, 0) is 26.2 Å². The molecule has 1 aromatic heterocycles. The lowest BCUT2D eigenvalue weighted by Gasteiger charge is -2.18. The summed E-state index contributed by atoms with van der Waals surface area (Å²) < 4.78 is 26.2. The first-order valence-electron chi connectivity index (χ1n) is 4.36. The van der Waals surface area contributed by atoms with Crippen molar-refractivity contribution in [2.45, 2.75) is 32.3 Å². The summed E-state index contributed by atoms with van der Waals surface area (Å²) in [5.41, 5.74) is 0.990. The zero-order valence-corrected chi connectivity index (χ0v) is 7.35. The standard InChI is InChI=1S/C9H11F2NO/c1-5-8-6(12(11)9(5)10)3-2-4-7(8)13/h7,13H,2-4H2,1H3. The van der Waals surface area contributed by atoms with E-state index < -0.39 is 12.1 Å². The molecule has 0 saturated carbocycles. The zero-order chi connectivity index (χ0) is 9.59. The van der Waals surface area contributed by atoms with Crippen LogP contribution in [0.15, 0.2) is 0 Å². The van der Waals surface area contributed by atoms with Crippen molar-refractivity contribution < 1.29 is 14.0 Å². The number of halogens is 2. The van der Waals surface area contributed by atoms with Crippen LogP contribution < -0.4 is 0 Å². The third-order valence-corrected chi connectivity index (χ3v) is 2.66. The molecule has 1 aliphatic rings. The third-order valence-electron chi connectivity index (χ3n) is 2.66. The van der Waals surface area contributed by atoms with Crippen molar-refractivity contribution in [2.75, 3.05) is 0 Å². The highest BCUT2D eigenvalue weighted by molar-refractivity contribution is 5.35. The number of nitrogens with zero attached hydrogens (tertiary/aromatic N) is 1. The predicted molar refractivity (Wildman–Crippen MR) is 43.5 cm³/mol. The number of rotatable bonds is 0. The molecule has 0 aromatic carbocycles. The van der Waals surface area contributed by atoms with E-state index in [1.54, 1.807) is 0 Å². The van der Waals surface area contributed by atoms with E-state index in [1.165, 1.54) is 6.92 Å². The largest absolute Gasteiger partial charge is 0.388 e. The molecule has 0 spiro atoms. The Morgan fingerprint density at radius 3 is 2.85 bits per heavy atom. The SMILES string of the molecule is Cc1c2c(n(F)c1F)CCCC2O. The first kappa shape index (κ1) is 8.69. The molecular weight excluding hydrogens is 176 g/mol. The average Bonchev–Trinajstić information content (AvgIpc) is 2.33. The van der Waals surface area contributed by atoms with E-state index in [0.717, 1.165) is 0 Å². The minimum Gasteiger partial charge on any atom is -0.388 e. The van der Waals surface area contributed by atoms with Crippen molar-refractivity contribution in [3.63, 3.8) is 0 Å². The Bertz CT molecular complexity index is 346. The van der Waals surface area contributed by atoms with Crippen molar-refractivity contribution in [1.29, 1.82) is 0 Å². The van der Waals surface area contributed by atoms with Crippen LogP contribution in [0.3, 0.4) is 0 Å². The first-order chi connectivity index (χ1) is 6.13. The van der Waals surface area contributed by atoms with Gasteiger partial charge in [0.15, 0.2) is 0 Å². The molecule has 2 nitrogen and oxygen atoms in total. The molecule has 0 amide bonds. The number of aliphatic hydroxyl groups is 1. The highest BCUT2D eigenvalue weighted by Crippen LogP contribution is 2.34. The van der Waals surface area contributed by atoms with Gasteiger partial charge in [0.1, 0.15) is 0 Å². The summed E-state index contributed by atoms with van der Waals surface area (Å²) in [7, 11) is 0. The van der Waals surface area contributed by atoms with Crippen molar-refractivity contribution in [3.8, 4) is 0 Å². The third kappa shape index (κ3) is 1.09. The molecule has 0 fully saturated rings. The van der Waals surface area contributed by atoms with Gasteiger partial charge in [0.05, 0.1) is 11.8 Å². The summed E-state index contributed by atoms with van der Waals surface area (Å²) in [5, 5.41) is 9.53. The van der Waals surface area contributed by atoms with E-state index in [0.29, 0.717) is 30.5 Å². The topological polar surface area (TPSA) is 25.2 Å². The Labute approximate surface area is 74.7 Å². The Kier molecular flexibility index (Phi) is 1.87. The number of hydrogen-bond donors (Lipinski definition) is 1. The van der Waals surface area contributed by atoms with Crippen LogP contribution >= 0.6 is 0 Å². The maximum atomic E-state index is 13.1. The molecule has 1 N–H and O–H groups in total. The van der Waals surface area contributed by atoms with Crippen molar-refractivity contribution in [2.24, 2.45) is 0 Å². The van der Waals surface area contributed by atoms with E-state index in [9.17, 15) is 14.0 Å². The first-order valence-corrected chi connectivity index (χ1v) is 4.36. The molecule has 72 valence electrons. The van der Waals surface area contributed by atoms with Crippen LogP contribution in [-0.2, 0) is 6.42 Å². The van der Waals surface area contributed by atoms with E-state index >= 15 is 0 Å². The minimum absolute atomic E-state index is 0.0625. The lowest BCUT2D eigenvalue weighted by molar-refractivity contribution is 0.152. The molecule has 0 saturated heterocycles. The Morgan fingerprint density at radius 1 is 1.54 bits per heavy atom. The van der Waals surface area contributed by atoms with Crippen LogP contribution in [0.25, 0.3) is 0 Å². The molecule has 0 aliphatic heterocycles. The van der Waals surface area contributed by atoms with Crippen LogP contribution in [-0.4, -0.2) is 9.90 Å². The van der Waals surface area contributed by atoms with Crippen molar-refractivity contribution in [3.05, 3.63) is 22.8 Å². The van der Waals surface area contributed by atoms with E-state index in [-0.39, 0.29) is 10.4 Å². The summed E-state index contributed by atoms with van der Waals surface area (Å²) >= 11 is 0. The zero-order valence-electron chi connectivity index (χ0n) is 7.35. The molecule has 1 aromatic rings. The fourth-order valence-corrected chi connectivity index (χ4v) is 1.98. The minimum atomic E-state index is -0.869. The normalized spacial score (nSPS) is 21.7. The fraction of sp³-hybridized carbons (Fsp3) is 0.556. The summed E-state index contributed by atoms with van der Waals surface area (Å²) in [5.74, 6) is -0.869. The van der Waals surface area contributed by atoms with Crippen LogP contribution in [0.4, 0.5) is 8.87 Å². The van der Waals surface area contributed by atoms with E-state index in [2.05, 4.69) is 0 Å².